The molecule has 1 saturated carbocycles. The zero-order valence-corrected chi connectivity index (χ0v) is 11.7. The molecule has 0 aromatic rings. The second-order valence-corrected chi connectivity index (χ2v) is 5.04. The van der Waals surface area contributed by atoms with Gasteiger partial charge in [0.05, 0.1) is 19.1 Å². The molecule has 0 radical (unpaired) electrons. The van der Waals surface area contributed by atoms with Gasteiger partial charge in [-0.3, -0.25) is 9.69 Å². The largest absolute Gasteiger partial charge is 0.466 e. The van der Waals surface area contributed by atoms with Crippen LogP contribution >= 0.6 is 0 Å². The molecule has 1 atom stereocenters. The predicted octanol–water partition coefficient (Wildman–Crippen LogP) is 1.96. The van der Waals surface area contributed by atoms with Crippen molar-refractivity contribution in [1.29, 1.82) is 0 Å². The number of ether oxygens (including phenoxy) is 1. The molecule has 1 unspecified atom stereocenters. The topological polar surface area (TPSA) is 49.8 Å². The number of hydrogen-bond acceptors (Lipinski definition) is 4. The van der Waals surface area contributed by atoms with Crippen molar-refractivity contribution in [1.82, 2.24) is 4.90 Å². The average molecular weight is 257 g/mol. The van der Waals surface area contributed by atoms with E-state index in [1.165, 1.54) is 32.1 Å². The Hall–Kier alpha value is -0.610. The van der Waals surface area contributed by atoms with Crippen molar-refractivity contribution in [2.75, 3.05) is 19.7 Å². The Bertz CT molecular complexity index is 239. The Balaban J connectivity index is 2.34. The molecule has 0 saturated heterocycles. The maximum absolute atomic E-state index is 11.3. The monoisotopic (exact) mass is 257 g/mol. The normalized spacial score (nSPS) is 18.9. The quantitative estimate of drug-likeness (QED) is 0.708. The number of rotatable bonds is 7. The molecule has 0 heterocycles. The lowest BCUT2D eigenvalue weighted by molar-refractivity contribution is -0.145. The number of nitrogens with zero attached hydrogens (tertiary/aromatic N) is 1. The summed E-state index contributed by atoms with van der Waals surface area (Å²) in [4.78, 5) is 13.6. The maximum Gasteiger partial charge on any atom is 0.308 e. The minimum atomic E-state index is -0.606. The summed E-state index contributed by atoms with van der Waals surface area (Å²) >= 11 is 0. The summed E-state index contributed by atoms with van der Waals surface area (Å²) < 4.78 is 4.86. The van der Waals surface area contributed by atoms with Gasteiger partial charge >= 0.3 is 5.97 Å². The summed E-state index contributed by atoms with van der Waals surface area (Å²) in [6, 6.07) is 0.584. The van der Waals surface area contributed by atoms with Crippen molar-refractivity contribution in [3.05, 3.63) is 0 Å². The lowest BCUT2D eigenvalue weighted by atomic mass is 9.94. The lowest BCUT2D eigenvalue weighted by Gasteiger charge is -2.34. The van der Waals surface area contributed by atoms with E-state index in [2.05, 4.69) is 11.8 Å². The van der Waals surface area contributed by atoms with Crippen LogP contribution in [0.3, 0.4) is 0 Å². The smallest absolute Gasteiger partial charge is 0.308 e. The van der Waals surface area contributed by atoms with E-state index in [-0.39, 0.29) is 12.4 Å². The molecule has 0 bridgehead atoms. The fourth-order valence-corrected chi connectivity index (χ4v) is 2.73. The molecule has 0 amide bonds. The first-order valence-electron chi connectivity index (χ1n) is 7.25. The molecule has 0 aliphatic heterocycles. The number of aliphatic hydroxyl groups excluding tert-OH is 1. The van der Waals surface area contributed by atoms with Gasteiger partial charge in [-0.15, -0.1) is 0 Å². The Morgan fingerprint density at radius 3 is 2.56 bits per heavy atom. The standard InChI is InChI=1S/C14H27NO3/c1-3-15(12-8-6-5-7-9-12)11-13(16)10-14(17)18-4-2/h12-13,16H,3-11H2,1-2H3. The first kappa shape index (κ1) is 15.4. The molecule has 1 aliphatic rings. The molecule has 4 nitrogen and oxygen atoms in total. The van der Waals surface area contributed by atoms with Crippen molar-refractivity contribution in [2.24, 2.45) is 0 Å². The molecule has 1 N–H and O–H groups in total. The molecule has 0 aromatic carbocycles. The molecule has 1 fully saturated rings. The first-order chi connectivity index (χ1) is 8.67. The molecule has 18 heavy (non-hydrogen) atoms. The number of aliphatic hydroxyl groups is 1. The number of carbonyl (C=O) groups is 1. The highest BCUT2D eigenvalue weighted by atomic mass is 16.5. The highest BCUT2D eigenvalue weighted by Gasteiger charge is 2.23. The van der Waals surface area contributed by atoms with Gasteiger partial charge in [-0.2, -0.15) is 0 Å². The molecular formula is C14H27NO3. The summed E-state index contributed by atoms with van der Waals surface area (Å²) in [6.07, 6.45) is 5.85. The van der Waals surface area contributed by atoms with Crippen LogP contribution in [0.15, 0.2) is 0 Å². The first-order valence-corrected chi connectivity index (χ1v) is 7.25. The fraction of sp³-hybridized carbons (Fsp3) is 0.929. The Morgan fingerprint density at radius 1 is 1.33 bits per heavy atom. The fourth-order valence-electron chi connectivity index (χ4n) is 2.73. The van der Waals surface area contributed by atoms with E-state index in [1.54, 1.807) is 6.92 Å². The van der Waals surface area contributed by atoms with Gasteiger partial charge < -0.3 is 9.84 Å². The second-order valence-electron chi connectivity index (χ2n) is 5.04. The van der Waals surface area contributed by atoms with Crippen LogP contribution in [-0.4, -0.2) is 47.8 Å². The van der Waals surface area contributed by atoms with Crippen LogP contribution in [-0.2, 0) is 9.53 Å². The van der Waals surface area contributed by atoms with Crippen LogP contribution in [0.25, 0.3) is 0 Å². The molecule has 1 aliphatic carbocycles. The van der Waals surface area contributed by atoms with E-state index in [0.717, 1.165) is 6.54 Å². The number of esters is 1. The second kappa shape index (κ2) is 8.48. The summed E-state index contributed by atoms with van der Waals surface area (Å²) in [7, 11) is 0. The van der Waals surface area contributed by atoms with Crippen LogP contribution in [0.2, 0.25) is 0 Å². The SMILES string of the molecule is CCOC(=O)CC(O)CN(CC)C1CCCCC1. The summed E-state index contributed by atoms with van der Waals surface area (Å²) in [5, 5.41) is 9.94. The molecular weight excluding hydrogens is 230 g/mol. The van der Waals surface area contributed by atoms with Crippen molar-refractivity contribution in [3.63, 3.8) is 0 Å². The highest BCUT2D eigenvalue weighted by Crippen LogP contribution is 2.22. The zero-order chi connectivity index (χ0) is 13.4. The molecule has 4 heteroatoms. The summed E-state index contributed by atoms with van der Waals surface area (Å²) in [5.41, 5.74) is 0. The van der Waals surface area contributed by atoms with Crippen LogP contribution in [0, 0.1) is 0 Å². The average Bonchev–Trinajstić information content (AvgIpc) is 2.37. The molecule has 0 spiro atoms. The third kappa shape index (κ3) is 5.36. The third-order valence-corrected chi connectivity index (χ3v) is 3.65. The predicted molar refractivity (Wildman–Crippen MR) is 71.4 cm³/mol. The zero-order valence-electron chi connectivity index (χ0n) is 11.7. The third-order valence-electron chi connectivity index (χ3n) is 3.65. The van der Waals surface area contributed by atoms with E-state index in [9.17, 15) is 9.90 Å². The Morgan fingerprint density at radius 2 is 2.00 bits per heavy atom. The highest BCUT2D eigenvalue weighted by molar-refractivity contribution is 5.69. The van der Waals surface area contributed by atoms with E-state index >= 15 is 0 Å². The van der Waals surface area contributed by atoms with Gasteiger partial charge in [0.1, 0.15) is 0 Å². The van der Waals surface area contributed by atoms with E-state index < -0.39 is 6.10 Å². The van der Waals surface area contributed by atoms with E-state index in [0.29, 0.717) is 19.2 Å². The van der Waals surface area contributed by atoms with Crippen molar-refractivity contribution in [3.8, 4) is 0 Å². The maximum atomic E-state index is 11.3. The molecule has 0 aromatic heterocycles. The molecule has 106 valence electrons. The minimum absolute atomic E-state index is 0.108. The van der Waals surface area contributed by atoms with Gasteiger partial charge in [0.25, 0.3) is 0 Å². The van der Waals surface area contributed by atoms with Crippen LogP contribution in [0.1, 0.15) is 52.4 Å². The number of likely N-dealkylation sites (N-methyl/N-ethyl adjacent to an activating group) is 1. The van der Waals surface area contributed by atoms with Crippen molar-refractivity contribution >= 4 is 5.97 Å². The lowest BCUT2D eigenvalue weighted by Crippen LogP contribution is -2.42. The van der Waals surface area contributed by atoms with Crippen LogP contribution in [0.4, 0.5) is 0 Å². The van der Waals surface area contributed by atoms with E-state index in [1.807, 2.05) is 0 Å². The minimum Gasteiger partial charge on any atom is -0.466 e. The van der Waals surface area contributed by atoms with Gasteiger partial charge in [-0.1, -0.05) is 26.2 Å². The Labute approximate surface area is 110 Å². The van der Waals surface area contributed by atoms with Gasteiger partial charge in [-0.25, -0.2) is 0 Å². The number of carbonyl (C=O) groups excluding carboxylic acids is 1. The van der Waals surface area contributed by atoms with Gasteiger partial charge in [0, 0.05) is 12.6 Å². The van der Waals surface area contributed by atoms with Gasteiger partial charge in [-0.05, 0) is 26.3 Å². The van der Waals surface area contributed by atoms with E-state index in [4.69, 9.17) is 4.74 Å². The Kier molecular flexibility index (Phi) is 7.28. The van der Waals surface area contributed by atoms with Crippen LogP contribution in [0.5, 0.6) is 0 Å². The van der Waals surface area contributed by atoms with Gasteiger partial charge in [0.2, 0.25) is 0 Å². The molecule has 1 rings (SSSR count). The number of hydrogen-bond donors (Lipinski definition) is 1. The van der Waals surface area contributed by atoms with Gasteiger partial charge in [0.15, 0.2) is 0 Å². The summed E-state index contributed by atoms with van der Waals surface area (Å²) in [5.74, 6) is -0.301. The summed E-state index contributed by atoms with van der Waals surface area (Å²) in [6.45, 7) is 5.80. The van der Waals surface area contributed by atoms with Crippen molar-refractivity contribution in [2.45, 2.75) is 64.5 Å². The van der Waals surface area contributed by atoms with Crippen LogP contribution < -0.4 is 0 Å². The van der Waals surface area contributed by atoms with Crippen molar-refractivity contribution < 1.29 is 14.6 Å².